The Morgan fingerprint density at radius 3 is 2.06 bits per heavy atom. The van der Waals surface area contributed by atoms with Gasteiger partial charge >= 0.3 is 0 Å². The third kappa shape index (κ3) is 4.11. The van der Waals surface area contributed by atoms with Gasteiger partial charge in [-0.25, -0.2) is 0 Å². The summed E-state index contributed by atoms with van der Waals surface area (Å²) in [7, 11) is 0. The molecule has 7 rings (SSSR count). The number of amides is 3. The molecule has 2 aromatic rings. The zero-order valence-electron chi connectivity index (χ0n) is 18.9. The van der Waals surface area contributed by atoms with Gasteiger partial charge in [-0.3, -0.25) is 25.2 Å². The first kappa shape index (κ1) is 20.7. The summed E-state index contributed by atoms with van der Waals surface area (Å²) >= 11 is 0. The molecule has 0 aliphatic heterocycles. The summed E-state index contributed by atoms with van der Waals surface area (Å²) in [5.74, 6) is 1.81. The number of anilines is 1. The molecule has 0 aromatic heterocycles. The summed E-state index contributed by atoms with van der Waals surface area (Å²) < 4.78 is 0. The van der Waals surface area contributed by atoms with Gasteiger partial charge in [0.25, 0.3) is 5.91 Å². The average Bonchev–Trinajstić information content (AvgIpc) is 3.61. The molecule has 5 fully saturated rings. The van der Waals surface area contributed by atoms with Crippen molar-refractivity contribution in [2.75, 3.05) is 5.32 Å². The van der Waals surface area contributed by atoms with Crippen molar-refractivity contribution in [1.82, 2.24) is 10.9 Å². The lowest BCUT2D eigenvalue weighted by Crippen LogP contribution is -2.50. The van der Waals surface area contributed by atoms with Crippen LogP contribution in [0.25, 0.3) is 10.8 Å². The normalized spacial score (nSPS) is 29.6. The lowest BCUT2D eigenvalue weighted by atomic mass is 9.49. The van der Waals surface area contributed by atoms with Crippen molar-refractivity contribution in [2.45, 2.75) is 57.8 Å². The summed E-state index contributed by atoms with van der Waals surface area (Å²) in [5, 5.41) is 4.78. The van der Waals surface area contributed by atoms with Crippen LogP contribution >= 0.6 is 0 Å². The topological polar surface area (TPSA) is 87.3 Å². The minimum atomic E-state index is -0.411. The van der Waals surface area contributed by atoms with E-state index in [1.807, 2.05) is 30.3 Å². The fourth-order valence-corrected chi connectivity index (χ4v) is 7.20. The molecule has 33 heavy (non-hydrogen) atoms. The van der Waals surface area contributed by atoms with Gasteiger partial charge in [-0.2, -0.15) is 0 Å². The first-order chi connectivity index (χ1) is 16.0. The minimum Gasteiger partial charge on any atom is -0.325 e. The Balaban J connectivity index is 1.15. The second-order valence-electron chi connectivity index (χ2n) is 11.1. The van der Waals surface area contributed by atoms with Crippen molar-refractivity contribution in [3.8, 4) is 0 Å². The van der Waals surface area contributed by atoms with Crippen LogP contribution in [0.15, 0.2) is 36.4 Å². The van der Waals surface area contributed by atoms with Crippen LogP contribution < -0.4 is 16.2 Å². The Hall–Kier alpha value is -2.89. The molecule has 0 saturated heterocycles. The van der Waals surface area contributed by atoms with E-state index >= 15 is 0 Å². The van der Waals surface area contributed by atoms with Crippen LogP contribution in [0.1, 0.15) is 68.1 Å². The lowest BCUT2D eigenvalue weighted by molar-refractivity contribution is -0.130. The molecule has 172 valence electrons. The molecule has 5 aliphatic rings. The molecule has 5 saturated carbocycles. The monoisotopic (exact) mass is 445 g/mol. The molecule has 3 amide bonds. The first-order valence-electron chi connectivity index (χ1n) is 12.4. The molecular formula is C27H31N3O3. The van der Waals surface area contributed by atoms with Crippen LogP contribution in [0.3, 0.4) is 0 Å². The van der Waals surface area contributed by atoms with Gasteiger partial charge in [-0.1, -0.05) is 24.3 Å². The number of fused-ring (bicyclic) bond motifs is 1. The van der Waals surface area contributed by atoms with Crippen LogP contribution in [0, 0.1) is 29.1 Å². The Labute approximate surface area is 193 Å². The summed E-state index contributed by atoms with van der Waals surface area (Å²) in [6.45, 7) is 0. The molecule has 4 bridgehead atoms. The second-order valence-corrected chi connectivity index (χ2v) is 11.1. The standard InChI is InChI=1S/C27H31N3O3/c31-24(15-27-12-16-7-17(13-27)9-18(8-16)14-27)29-30-26(33)22-10-20-3-1-2-4-21(20)11-23(22)28-25(32)19-5-6-19/h1-4,10-11,16-19H,5-9,12-15H2,(H,28,32)(H,29,31)(H,30,33). The predicted octanol–water partition coefficient (Wildman–Crippen LogP) is 4.56. The van der Waals surface area contributed by atoms with Crippen molar-refractivity contribution in [1.29, 1.82) is 0 Å². The van der Waals surface area contributed by atoms with Crippen LogP contribution in [0.4, 0.5) is 5.69 Å². The fraction of sp³-hybridized carbons (Fsp3) is 0.519. The molecule has 3 N–H and O–H groups in total. The van der Waals surface area contributed by atoms with Crippen LogP contribution in [0.2, 0.25) is 0 Å². The van der Waals surface area contributed by atoms with Gasteiger partial charge < -0.3 is 5.32 Å². The fourth-order valence-electron chi connectivity index (χ4n) is 7.20. The number of nitrogens with one attached hydrogen (secondary N) is 3. The van der Waals surface area contributed by atoms with Gasteiger partial charge in [0.15, 0.2) is 0 Å². The largest absolute Gasteiger partial charge is 0.325 e. The van der Waals surface area contributed by atoms with Gasteiger partial charge in [0.1, 0.15) is 0 Å². The Morgan fingerprint density at radius 2 is 1.45 bits per heavy atom. The molecular weight excluding hydrogens is 414 g/mol. The summed E-state index contributed by atoms with van der Waals surface area (Å²) in [4.78, 5) is 38.3. The van der Waals surface area contributed by atoms with E-state index in [-0.39, 0.29) is 23.1 Å². The summed E-state index contributed by atoms with van der Waals surface area (Å²) in [5.41, 5.74) is 6.25. The van der Waals surface area contributed by atoms with Crippen molar-refractivity contribution >= 4 is 34.2 Å². The number of rotatable bonds is 5. The number of carbonyl (C=O) groups is 3. The van der Waals surface area contributed by atoms with Gasteiger partial charge in [0.05, 0.1) is 11.3 Å². The number of carbonyl (C=O) groups excluding carboxylic acids is 3. The maximum atomic E-state index is 13.1. The quantitative estimate of drug-likeness (QED) is 0.590. The van der Waals surface area contributed by atoms with E-state index < -0.39 is 5.91 Å². The number of benzene rings is 2. The summed E-state index contributed by atoms with van der Waals surface area (Å²) in [6.07, 6.45) is 9.76. The Bertz CT molecular complexity index is 1100. The molecule has 0 heterocycles. The Kier molecular flexibility index (Phi) is 4.93. The van der Waals surface area contributed by atoms with E-state index in [1.54, 1.807) is 6.07 Å². The molecule has 0 radical (unpaired) electrons. The molecule has 0 spiro atoms. The maximum Gasteiger partial charge on any atom is 0.271 e. The molecule has 0 atom stereocenters. The zero-order chi connectivity index (χ0) is 22.6. The second kappa shape index (κ2) is 7.86. The van der Waals surface area contributed by atoms with Crippen molar-refractivity contribution < 1.29 is 14.4 Å². The highest BCUT2D eigenvalue weighted by atomic mass is 16.2. The molecule has 0 unspecified atom stereocenters. The molecule has 5 aliphatic carbocycles. The highest BCUT2D eigenvalue weighted by Gasteiger charge is 2.51. The number of hydrogen-bond acceptors (Lipinski definition) is 3. The van der Waals surface area contributed by atoms with Gasteiger partial charge in [0.2, 0.25) is 11.8 Å². The zero-order valence-corrected chi connectivity index (χ0v) is 18.9. The van der Waals surface area contributed by atoms with Crippen molar-refractivity contribution in [3.63, 3.8) is 0 Å². The van der Waals surface area contributed by atoms with E-state index in [2.05, 4.69) is 16.2 Å². The lowest BCUT2D eigenvalue weighted by Gasteiger charge is -2.56. The van der Waals surface area contributed by atoms with Gasteiger partial charge in [0, 0.05) is 12.3 Å². The van der Waals surface area contributed by atoms with Crippen LogP contribution in [-0.4, -0.2) is 17.7 Å². The van der Waals surface area contributed by atoms with E-state index in [4.69, 9.17) is 0 Å². The third-order valence-corrected chi connectivity index (χ3v) is 8.35. The molecule has 6 nitrogen and oxygen atoms in total. The van der Waals surface area contributed by atoms with Crippen molar-refractivity contribution in [2.24, 2.45) is 29.1 Å². The third-order valence-electron chi connectivity index (χ3n) is 8.35. The van der Waals surface area contributed by atoms with Gasteiger partial charge in [-0.15, -0.1) is 0 Å². The number of hydrazine groups is 1. The SMILES string of the molecule is O=C(CC12CC3CC(CC(C3)C1)C2)NNC(=O)c1cc2ccccc2cc1NC(=O)C1CC1. The minimum absolute atomic E-state index is 0.0346. The summed E-state index contributed by atoms with van der Waals surface area (Å²) in [6, 6.07) is 11.3. The van der Waals surface area contributed by atoms with Crippen LogP contribution in [-0.2, 0) is 9.59 Å². The number of hydrogen-bond donors (Lipinski definition) is 3. The maximum absolute atomic E-state index is 13.1. The van der Waals surface area contributed by atoms with E-state index in [0.717, 1.165) is 60.6 Å². The van der Waals surface area contributed by atoms with Crippen LogP contribution in [0.5, 0.6) is 0 Å². The van der Waals surface area contributed by atoms with E-state index in [0.29, 0.717) is 17.7 Å². The highest BCUT2D eigenvalue weighted by Crippen LogP contribution is 2.61. The first-order valence-corrected chi connectivity index (χ1v) is 12.4. The predicted molar refractivity (Wildman–Crippen MR) is 126 cm³/mol. The Morgan fingerprint density at radius 1 is 0.848 bits per heavy atom. The smallest absolute Gasteiger partial charge is 0.271 e. The van der Waals surface area contributed by atoms with Crippen molar-refractivity contribution in [3.05, 3.63) is 42.0 Å². The molecule has 2 aromatic carbocycles. The van der Waals surface area contributed by atoms with E-state index in [1.165, 1.54) is 19.3 Å². The van der Waals surface area contributed by atoms with E-state index in [9.17, 15) is 14.4 Å². The van der Waals surface area contributed by atoms with Gasteiger partial charge in [-0.05, 0) is 97.4 Å². The molecule has 6 heteroatoms. The highest BCUT2D eigenvalue weighted by molar-refractivity contribution is 6.08. The average molecular weight is 446 g/mol.